The number of anilines is 1. The van der Waals surface area contributed by atoms with E-state index in [1.165, 1.54) is 0 Å². The Bertz CT molecular complexity index is 446. The molecule has 0 amide bonds. The third-order valence-corrected chi connectivity index (χ3v) is 2.30. The fourth-order valence-corrected chi connectivity index (χ4v) is 1.46. The molecule has 0 aliphatic heterocycles. The van der Waals surface area contributed by atoms with E-state index in [2.05, 4.69) is 26.0 Å². The molecule has 0 aliphatic rings. The summed E-state index contributed by atoms with van der Waals surface area (Å²) in [6, 6.07) is 5.60. The van der Waals surface area contributed by atoms with Gasteiger partial charge in [-0.15, -0.1) is 5.10 Å². The van der Waals surface area contributed by atoms with Gasteiger partial charge in [-0.2, -0.15) is 0 Å². The molecule has 0 fully saturated rings. The van der Waals surface area contributed by atoms with Gasteiger partial charge in [0.1, 0.15) is 5.82 Å². The number of aryl methyl sites for hydroxylation is 1. The number of nitrogens with two attached hydrogens (primary N) is 1. The number of hydrogen-bond acceptors (Lipinski definition) is 3. The molecule has 0 spiro atoms. The van der Waals surface area contributed by atoms with E-state index in [1.807, 2.05) is 25.1 Å². The van der Waals surface area contributed by atoms with Gasteiger partial charge in [0, 0.05) is 22.4 Å². The zero-order valence-electron chi connectivity index (χ0n) is 7.61. The number of aromatic nitrogens is 3. The monoisotopic (exact) mass is 252 g/mol. The number of nitrogens with zero attached hydrogens (tertiary/aromatic N) is 3. The number of halogens is 1. The molecule has 2 rings (SSSR count). The highest BCUT2D eigenvalue weighted by Gasteiger charge is 2.04. The maximum Gasteiger partial charge on any atom is 0.153 e. The first-order valence-corrected chi connectivity index (χ1v) is 4.90. The lowest BCUT2D eigenvalue weighted by Gasteiger charge is -2.01. The van der Waals surface area contributed by atoms with Crippen molar-refractivity contribution in [2.24, 2.45) is 0 Å². The Balaban J connectivity index is 2.49. The average molecular weight is 253 g/mol. The van der Waals surface area contributed by atoms with Crippen LogP contribution in [0.2, 0.25) is 0 Å². The van der Waals surface area contributed by atoms with E-state index in [0.717, 1.165) is 16.0 Å². The van der Waals surface area contributed by atoms with Gasteiger partial charge < -0.3 is 5.73 Å². The van der Waals surface area contributed by atoms with Crippen LogP contribution in [0, 0.1) is 6.92 Å². The molecular weight excluding hydrogens is 244 g/mol. The topological polar surface area (TPSA) is 56.7 Å². The largest absolute Gasteiger partial charge is 0.382 e. The normalized spacial score (nSPS) is 10.4. The molecule has 0 bridgehead atoms. The Morgan fingerprint density at radius 1 is 1.43 bits per heavy atom. The van der Waals surface area contributed by atoms with Crippen LogP contribution in [0.3, 0.4) is 0 Å². The van der Waals surface area contributed by atoms with Crippen molar-refractivity contribution in [2.75, 3.05) is 5.73 Å². The number of rotatable bonds is 1. The predicted molar refractivity (Wildman–Crippen MR) is 58.2 cm³/mol. The fraction of sp³-hybridized carbons (Fsp3) is 0.111. The molecule has 0 atom stereocenters. The summed E-state index contributed by atoms with van der Waals surface area (Å²) in [7, 11) is 0. The molecule has 0 saturated heterocycles. The molecule has 4 nitrogen and oxygen atoms in total. The summed E-state index contributed by atoms with van der Waals surface area (Å²) < 4.78 is 2.65. The highest BCUT2D eigenvalue weighted by Crippen LogP contribution is 2.13. The van der Waals surface area contributed by atoms with E-state index in [4.69, 9.17) is 5.73 Å². The Kier molecular flexibility index (Phi) is 2.25. The van der Waals surface area contributed by atoms with Gasteiger partial charge in [-0.05, 0) is 35.0 Å². The van der Waals surface area contributed by atoms with Gasteiger partial charge in [-0.25, -0.2) is 9.67 Å². The Morgan fingerprint density at radius 3 is 2.71 bits per heavy atom. The second kappa shape index (κ2) is 3.42. The number of pyridine rings is 1. The van der Waals surface area contributed by atoms with Crippen molar-refractivity contribution in [3.63, 3.8) is 0 Å². The minimum absolute atomic E-state index is 0.507. The van der Waals surface area contributed by atoms with Crippen molar-refractivity contribution < 1.29 is 0 Å². The van der Waals surface area contributed by atoms with Gasteiger partial charge in [0.2, 0.25) is 0 Å². The number of nitrogen functional groups attached to an aromatic ring is 1. The van der Waals surface area contributed by atoms with Crippen molar-refractivity contribution in [1.82, 2.24) is 14.8 Å². The molecule has 0 radical (unpaired) electrons. The SMILES string of the molecule is Cc1cc(N)nn1-c1ccc(Br)cn1. The maximum atomic E-state index is 5.58. The average Bonchev–Trinajstić information content (AvgIpc) is 2.47. The molecule has 0 aliphatic carbocycles. The second-order valence-electron chi connectivity index (χ2n) is 2.96. The quantitative estimate of drug-likeness (QED) is 0.844. The van der Waals surface area contributed by atoms with Crippen molar-refractivity contribution >= 4 is 21.7 Å². The van der Waals surface area contributed by atoms with Crippen LogP contribution in [0.4, 0.5) is 5.82 Å². The van der Waals surface area contributed by atoms with Gasteiger partial charge >= 0.3 is 0 Å². The molecule has 0 saturated carbocycles. The highest BCUT2D eigenvalue weighted by molar-refractivity contribution is 9.10. The lowest BCUT2D eigenvalue weighted by Crippen LogP contribution is -2.01. The van der Waals surface area contributed by atoms with Crippen LogP contribution in [0.15, 0.2) is 28.9 Å². The molecule has 2 N–H and O–H groups in total. The zero-order valence-corrected chi connectivity index (χ0v) is 9.19. The smallest absolute Gasteiger partial charge is 0.153 e. The maximum absolute atomic E-state index is 5.58. The molecule has 2 aromatic rings. The Labute approximate surface area is 89.9 Å². The zero-order chi connectivity index (χ0) is 10.1. The summed E-state index contributed by atoms with van der Waals surface area (Å²) in [5, 5.41) is 4.13. The van der Waals surface area contributed by atoms with E-state index in [1.54, 1.807) is 10.9 Å². The first-order valence-electron chi connectivity index (χ1n) is 4.11. The van der Waals surface area contributed by atoms with E-state index in [9.17, 15) is 0 Å². The minimum Gasteiger partial charge on any atom is -0.382 e. The van der Waals surface area contributed by atoms with Gasteiger partial charge in [-0.1, -0.05) is 0 Å². The molecule has 5 heteroatoms. The van der Waals surface area contributed by atoms with Crippen LogP contribution < -0.4 is 5.73 Å². The van der Waals surface area contributed by atoms with Crippen molar-refractivity contribution in [1.29, 1.82) is 0 Å². The summed E-state index contributed by atoms with van der Waals surface area (Å²) in [4.78, 5) is 4.22. The molecule has 14 heavy (non-hydrogen) atoms. The van der Waals surface area contributed by atoms with Gasteiger partial charge in [0.05, 0.1) is 0 Å². The summed E-state index contributed by atoms with van der Waals surface area (Å²) >= 11 is 3.32. The summed E-state index contributed by atoms with van der Waals surface area (Å²) in [5.41, 5.74) is 6.55. The van der Waals surface area contributed by atoms with E-state index >= 15 is 0 Å². The Morgan fingerprint density at radius 2 is 2.21 bits per heavy atom. The van der Waals surface area contributed by atoms with Crippen LogP contribution in [-0.2, 0) is 0 Å². The molecule has 72 valence electrons. The summed E-state index contributed by atoms with van der Waals surface area (Å²) in [6.07, 6.45) is 1.73. The van der Waals surface area contributed by atoms with Gasteiger partial charge in [0.15, 0.2) is 5.82 Å². The van der Waals surface area contributed by atoms with Crippen molar-refractivity contribution in [3.8, 4) is 5.82 Å². The third-order valence-electron chi connectivity index (χ3n) is 1.84. The van der Waals surface area contributed by atoms with Crippen LogP contribution in [0.5, 0.6) is 0 Å². The van der Waals surface area contributed by atoms with Crippen molar-refractivity contribution in [2.45, 2.75) is 6.92 Å². The van der Waals surface area contributed by atoms with Gasteiger partial charge in [-0.3, -0.25) is 0 Å². The number of hydrogen-bond donors (Lipinski definition) is 1. The molecule has 0 unspecified atom stereocenters. The molecular formula is C9H9BrN4. The first-order chi connectivity index (χ1) is 6.66. The van der Waals surface area contributed by atoms with Crippen LogP contribution >= 0.6 is 15.9 Å². The molecule has 2 heterocycles. The third kappa shape index (κ3) is 1.63. The summed E-state index contributed by atoms with van der Waals surface area (Å²) in [6.45, 7) is 1.94. The van der Waals surface area contributed by atoms with E-state index < -0.39 is 0 Å². The van der Waals surface area contributed by atoms with Crippen LogP contribution in [-0.4, -0.2) is 14.8 Å². The second-order valence-corrected chi connectivity index (χ2v) is 3.87. The molecule has 2 aromatic heterocycles. The lowest BCUT2D eigenvalue weighted by atomic mass is 10.4. The van der Waals surface area contributed by atoms with Crippen molar-refractivity contribution in [3.05, 3.63) is 34.6 Å². The fourth-order valence-electron chi connectivity index (χ4n) is 1.22. The highest BCUT2D eigenvalue weighted by atomic mass is 79.9. The first kappa shape index (κ1) is 9.21. The van der Waals surface area contributed by atoms with E-state index in [0.29, 0.717) is 5.82 Å². The minimum atomic E-state index is 0.507. The Hall–Kier alpha value is -1.36. The lowest BCUT2D eigenvalue weighted by molar-refractivity contribution is 0.820. The predicted octanol–water partition coefficient (Wildman–Crippen LogP) is 1.92. The standard InChI is InChI=1S/C9H9BrN4/c1-6-4-8(11)13-14(6)9-3-2-7(10)5-12-9/h2-5H,1H3,(H2,11,13). The van der Waals surface area contributed by atoms with Crippen LogP contribution in [0.1, 0.15) is 5.69 Å². The van der Waals surface area contributed by atoms with Gasteiger partial charge in [0.25, 0.3) is 0 Å². The molecule has 0 aromatic carbocycles. The van der Waals surface area contributed by atoms with Crippen LogP contribution in [0.25, 0.3) is 5.82 Å². The summed E-state index contributed by atoms with van der Waals surface area (Å²) in [5.74, 6) is 1.27. The van der Waals surface area contributed by atoms with E-state index in [-0.39, 0.29) is 0 Å².